The van der Waals surface area contributed by atoms with Gasteiger partial charge in [0.05, 0.1) is 22.5 Å². The number of nitrogens with one attached hydrogen (secondary N) is 3. The summed E-state index contributed by atoms with van der Waals surface area (Å²) in [5, 5.41) is 5.69. The van der Waals surface area contributed by atoms with Crippen LogP contribution >= 0.6 is 11.6 Å². The molecule has 0 saturated carbocycles. The van der Waals surface area contributed by atoms with Gasteiger partial charge in [-0.05, 0) is 67.4 Å². The van der Waals surface area contributed by atoms with Gasteiger partial charge in [-0.25, -0.2) is 13.4 Å². The number of carbonyl (C=O) groups excluding carboxylic acids is 3. The third kappa shape index (κ3) is 6.83. The van der Waals surface area contributed by atoms with Crippen molar-refractivity contribution in [1.82, 2.24) is 4.98 Å². The molecule has 10 nitrogen and oxygen atoms in total. The maximum absolute atomic E-state index is 13.1. The lowest BCUT2D eigenvalue weighted by molar-refractivity contribution is -0.119. The van der Waals surface area contributed by atoms with Crippen LogP contribution in [0.1, 0.15) is 40.0 Å². The van der Waals surface area contributed by atoms with Crippen LogP contribution in [0.5, 0.6) is 0 Å². The third-order valence-electron chi connectivity index (χ3n) is 5.55. The zero-order valence-electron chi connectivity index (χ0n) is 19.8. The summed E-state index contributed by atoms with van der Waals surface area (Å²) in [5.74, 6) is -0.840. The molecule has 192 valence electrons. The van der Waals surface area contributed by atoms with Crippen molar-refractivity contribution in [2.24, 2.45) is 0 Å². The zero-order valence-corrected chi connectivity index (χ0v) is 21.4. The Morgan fingerprint density at radius 3 is 2.38 bits per heavy atom. The van der Waals surface area contributed by atoms with Gasteiger partial charge in [-0.2, -0.15) is 0 Å². The Morgan fingerprint density at radius 1 is 0.973 bits per heavy atom. The van der Waals surface area contributed by atoms with E-state index in [1.165, 1.54) is 30.5 Å². The fraction of sp³-hybridized carbons (Fsp3) is 0.200. The molecule has 1 aliphatic heterocycles. The number of piperidine rings is 1. The van der Waals surface area contributed by atoms with Gasteiger partial charge in [-0.3, -0.25) is 19.1 Å². The van der Waals surface area contributed by atoms with Crippen molar-refractivity contribution < 1.29 is 22.8 Å². The monoisotopic (exact) mass is 541 g/mol. The quantitative estimate of drug-likeness (QED) is 0.411. The number of aromatic nitrogens is 1. The van der Waals surface area contributed by atoms with Crippen molar-refractivity contribution >= 4 is 62.2 Å². The number of sulfonamides is 1. The van der Waals surface area contributed by atoms with E-state index in [-0.39, 0.29) is 28.7 Å². The second kappa shape index (κ2) is 11.0. The van der Waals surface area contributed by atoms with Crippen molar-refractivity contribution in [2.45, 2.75) is 19.3 Å². The molecule has 3 amide bonds. The summed E-state index contributed by atoms with van der Waals surface area (Å²) in [7, 11) is -3.60. The highest BCUT2D eigenvalue weighted by Gasteiger charge is 2.21. The first kappa shape index (κ1) is 26.1. The number of amides is 3. The van der Waals surface area contributed by atoms with Crippen LogP contribution < -0.4 is 20.3 Å². The van der Waals surface area contributed by atoms with Crippen LogP contribution in [-0.4, -0.2) is 43.9 Å². The van der Waals surface area contributed by atoms with Crippen molar-refractivity contribution in [1.29, 1.82) is 0 Å². The minimum absolute atomic E-state index is 0.00860. The van der Waals surface area contributed by atoms with Crippen LogP contribution in [0, 0.1) is 0 Å². The summed E-state index contributed by atoms with van der Waals surface area (Å²) < 4.78 is 25.7. The van der Waals surface area contributed by atoms with Crippen LogP contribution in [0.25, 0.3) is 0 Å². The predicted molar refractivity (Wildman–Crippen MR) is 143 cm³/mol. The third-order valence-corrected chi connectivity index (χ3v) is 6.38. The maximum atomic E-state index is 13.1. The van der Waals surface area contributed by atoms with E-state index >= 15 is 0 Å². The highest BCUT2D eigenvalue weighted by atomic mass is 35.5. The number of nitrogens with zero attached hydrogens (tertiary/aromatic N) is 2. The molecule has 2 aromatic carbocycles. The molecule has 1 aliphatic rings. The molecular formula is C25H24ClN5O5S. The Labute approximate surface area is 219 Å². The summed E-state index contributed by atoms with van der Waals surface area (Å²) in [6.45, 7) is 0.638. The van der Waals surface area contributed by atoms with Gasteiger partial charge in [0.2, 0.25) is 15.9 Å². The SMILES string of the molecule is CS(=O)(=O)Nc1ccc(NC(=O)c2ccc(N3CCCCC3=O)cc2)c(C(=O)Nc2ccc(Cl)cn2)c1. The van der Waals surface area contributed by atoms with E-state index in [1.807, 2.05) is 0 Å². The molecule has 0 bridgehead atoms. The molecule has 0 radical (unpaired) electrons. The molecule has 0 atom stereocenters. The molecule has 1 fully saturated rings. The van der Waals surface area contributed by atoms with E-state index in [0.717, 1.165) is 19.1 Å². The number of anilines is 4. The molecule has 12 heteroatoms. The normalized spacial score (nSPS) is 13.7. The van der Waals surface area contributed by atoms with Crippen LogP contribution in [0.3, 0.4) is 0 Å². The first-order valence-electron chi connectivity index (χ1n) is 11.4. The maximum Gasteiger partial charge on any atom is 0.259 e. The minimum Gasteiger partial charge on any atom is -0.321 e. The van der Waals surface area contributed by atoms with E-state index in [9.17, 15) is 22.8 Å². The number of benzene rings is 2. The summed E-state index contributed by atoms with van der Waals surface area (Å²) in [5.41, 5.74) is 1.34. The summed E-state index contributed by atoms with van der Waals surface area (Å²) in [4.78, 5) is 43.9. The standard InChI is InChI=1S/C25H24ClN5O5S/c1-37(35,36)30-18-8-11-21(20(14-18)25(34)29-22-12-7-17(26)15-27-22)28-24(33)16-5-9-19(10-6-16)31-13-3-2-4-23(31)32/h5-12,14-15,30H,2-4,13H2,1H3,(H,28,33)(H,27,29,34). The van der Waals surface area contributed by atoms with Gasteiger partial charge in [0.25, 0.3) is 11.8 Å². The Bertz CT molecular complexity index is 1440. The molecule has 2 heterocycles. The Balaban J connectivity index is 1.57. The van der Waals surface area contributed by atoms with Crippen LogP contribution in [-0.2, 0) is 14.8 Å². The molecule has 1 saturated heterocycles. The van der Waals surface area contributed by atoms with Crippen LogP contribution in [0.4, 0.5) is 22.9 Å². The number of rotatable bonds is 7. The Morgan fingerprint density at radius 2 is 1.73 bits per heavy atom. The lowest BCUT2D eigenvalue weighted by Gasteiger charge is -2.26. The molecule has 3 aromatic rings. The summed E-state index contributed by atoms with van der Waals surface area (Å²) >= 11 is 5.84. The van der Waals surface area contributed by atoms with Crippen molar-refractivity contribution in [3.63, 3.8) is 0 Å². The van der Waals surface area contributed by atoms with Crippen molar-refractivity contribution in [3.8, 4) is 0 Å². The highest BCUT2D eigenvalue weighted by Crippen LogP contribution is 2.25. The fourth-order valence-electron chi connectivity index (χ4n) is 3.82. The Kier molecular flexibility index (Phi) is 7.74. The molecule has 4 rings (SSSR count). The van der Waals surface area contributed by atoms with Crippen LogP contribution in [0.15, 0.2) is 60.8 Å². The van der Waals surface area contributed by atoms with E-state index < -0.39 is 21.8 Å². The molecule has 0 aliphatic carbocycles. The summed E-state index contributed by atoms with van der Waals surface area (Å²) in [6, 6.07) is 13.8. The van der Waals surface area contributed by atoms with Crippen molar-refractivity contribution in [3.05, 3.63) is 76.9 Å². The first-order valence-corrected chi connectivity index (χ1v) is 13.6. The molecule has 1 aromatic heterocycles. The average molecular weight is 542 g/mol. The predicted octanol–water partition coefficient (Wildman–Crippen LogP) is 4.13. The molecule has 37 heavy (non-hydrogen) atoms. The van der Waals surface area contributed by atoms with E-state index in [4.69, 9.17) is 11.6 Å². The fourth-order valence-corrected chi connectivity index (χ4v) is 4.49. The largest absolute Gasteiger partial charge is 0.321 e. The van der Waals surface area contributed by atoms with Gasteiger partial charge < -0.3 is 15.5 Å². The van der Waals surface area contributed by atoms with Gasteiger partial charge >= 0.3 is 0 Å². The lowest BCUT2D eigenvalue weighted by atomic mass is 10.1. The topological polar surface area (TPSA) is 138 Å². The number of carbonyl (C=O) groups is 3. The smallest absolute Gasteiger partial charge is 0.259 e. The van der Waals surface area contributed by atoms with Gasteiger partial charge in [0.1, 0.15) is 5.82 Å². The van der Waals surface area contributed by atoms with Gasteiger partial charge in [0.15, 0.2) is 0 Å². The molecule has 0 unspecified atom stereocenters. The number of hydrogen-bond acceptors (Lipinski definition) is 6. The van der Waals surface area contributed by atoms with Crippen LogP contribution in [0.2, 0.25) is 5.02 Å². The van der Waals surface area contributed by atoms with E-state index in [1.54, 1.807) is 35.2 Å². The lowest BCUT2D eigenvalue weighted by Crippen LogP contribution is -2.35. The summed E-state index contributed by atoms with van der Waals surface area (Å²) in [6.07, 6.45) is 4.65. The van der Waals surface area contributed by atoms with Crippen molar-refractivity contribution in [2.75, 3.05) is 33.1 Å². The van der Waals surface area contributed by atoms with Gasteiger partial charge in [-0.1, -0.05) is 11.6 Å². The zero-order chi connectivity index (χ0) is 26.6. The number of pyridine rings is 1. The average Bonchev–Trinajstić information content (AvgIpc) is 2.86. The molecular weight excluding hydrogens is 518 g/mol. The second-order valence-corrected chi connectivity index (χ2v) is 10.6. The minimum atomic E-state index is -3.60. The van der Waals surface area contributed by atoms with Gasteiger partial charge in [-0.15, -0.1) is 0 Å². The Hall–Kier alpha value is -3.96. The first-order chi connectivity index (χ1) is 17.6. The second-order valence-electron chi connectivity index (χ2n) is 8.45. The number of halogens is 1. The molecule has 3 N–H and O–H groups in total. The highest BCUT2D eigenvalue weighted by molar-refractivity contribution is 7.92. The van der Waals surface area contributed by atoms with E-state index in [0.29, 0.717) is 29.2 Å². The van der Waals surface area contributed by atoms with Gasteiger partial charge in [0, 0.05) is 36.1 Å². The number of hydrogen-bond donors (Lipinski definition) is 3. The molecule has 0 spiro atoms. The van der Waals surface area contributed by atoms with E-state index in [2.05, 4.69) is 20.3 Å².